The number of carbonyl (C=O) groups is 1. The van der Waals surface area contributed by atoms with Gasteiger partial charge in [0.2, 0.25) is 0 Å². The van der Waals surface area contributed by atoms with Crippen LogP contribution in [0.25, 0.3) is 0 Å². The van der Waals surface area contributed by atoms with Crippen molar-refractivity contribution in [3.63, 3.8) is 0 Å². The first-order valence-electron chi connectivity index (χ1n) is 7.04. The second-order valence-electron chi connectivity index (χ2n) is 5.48. The average molecular weight is 287 g/mol. The maximum atomic E-state index is 12.1. The van der Waals surface area contributed by atoms with Crippen LogP contribution in [0.2, 0.25) is 0 Å². The van der Waals surface area contributed by atoms with Crippen LogP contribution < -0.4 is 5.73 Å². The number of hydrogen-bond acceptors (Lipinski definition) is 4. The highest BCUT2D eigenvalue weighted by Gasteiger charge is 2.19. The third-order valence-electron chi connectivity index (χ3n) is 3.29. The Hall–Kier alpha value is -2.30. The molecule has 1 aromatic carbocycles. The molecule has 1 unspecified atom stereocenters. The maximum absolute atomic E-state index is 12.1. The number of aromatic nitrogens is 2. The Balaban J connectivity index is 2.24. The van der Waals surface area contributed by atoms with Gasteiger partial charge in [-0.1, -0.05) is 32.0 Å². The lowest BCUT2D eigenvalue weighted by Crippen LogP contribution is -2.17. The largest absolute Gasteiger partial charge is 0.461 e. The van der Waals surface area contributed by atoms with E-state index in [-0.39, 0.29) is 12.0 Å². The first-order chi connectivity index (χ1) is 10.0. The zero-order valence-electron chi connectivity index (χ0n) is 12.6. The SMILES string of the molecule is CC(C)COC(=O)c1cncn1C(C)c1ccccc1N. The van der Waals surface area contributed by atoms with Crippen molar-refractivity contribution in [2.75, 3.05) is 12.3 Å². The topological polar surface area (TPSA) is 70.1 Å². The molecule has 1 atom stereocenters. The summed E-state index contributed by atoms with van der Waals surface area (Å²) in [5.74, 6) is -0.0601. The van der Waals surface area contributed by atoms with Crippen molar-refractivity contribution in [1.82, 2.24) is 9.55 Å². The van der Waals surface area contributed by atoms with Gasteiger partial charge in [0.15, 0.2) is 0 Å². The number of rotatable bonds is 5. The van der Waals surface area contributed by atoms with Gasteiger partial charge in [-0.3, -0.25) is 0 Å². The van der Waals surface area contributed by atoms with E-state index in [9.17, 15) is 4.79 Å². The molecule has 5 nitrogen and oxygen atoms in total. The van der Waals surface area contributed by atoms with Crippen molar-refractivity contribution in [2.24, 2.45) is 5.92 Å². The molecule has 2 rings (SSSR count). The molecule has 0 aliphatic rings. The van der Waals surface area contributed by atoms with Crippen molar-refractivity contribution in [2.45, 2.75) is 26.8 Å². The zero-order valence-corrected chi connectivity index (χ0v) is 12.6. The van der Waals surface area contributed by atoms with Crippen LogP contribution in [0.3, 0.4) is 0 Å². The molecule has 5 heteroatoms. The van der Waals surface area contributed by atoms with E-state index in [0.717, 1.165) is 5.56 Å². The normalized spacial score (nSPS) is 12.4. The number of anilines is 1. The fourth-order valence-electron chi connectivity index (χ4n) is 2.13. The average Bonchev–Trinajstić information content (AvgIpc) is 2.94. The highest BCUT2D eigenvalue weighted by Crippen LogP contribution is 2.24. The maximum Gasteiger partial charge on any atom is 0.356 e. The summed E-state index contributed by atoms with van der Waals surface area (Å²) in [7, 11) is 0. The van der Waals surface area contributed by atoms with Crippen molar-refractivity contribution in [3.8, 4) is 0 Å². The number of nitrogens with zero attached hydrogens (tertiary/aromatic N) is 2. The van der Waals surface area contributed by atoms with Crippen LogP contribution >= 0.6 is 0 Å². The summed E-state index contributed by atoms with van der Waals surface area (Å²) in [6.45, 7) is 6.37. The molecule has 0 radical (unpaired) electrons. The summed E-state index contributed by atoms with van der Waals surface area (Å²) in [4.78, 5) is 16.2. The summed E-state index contributed by atoms with van der Waals surface area (Å²) >= 11 is 0. The van der Waals surface area contributed by atoms with Gasteiger partial charge < -0.3 is 15.0 Å². The van der Waals surface area contributed by atoms with E-state index in [0.29, 0.717) is 23.9 Å². The Morgan fingerprint density at radius 3 is 2.71 bits per heavy atom. The smallest absolute Gasteiger partial charge is 0.356 e. The van der Waals surface area contributed by atoms with E-state index >= 15 is 0 Å². The number of benzene rings is 1. The van der Waals surface area contributed by atoms with Crippen molar-refractivity contribution >= 4 is 11.7 Å². The number of nitrogens with two attached hydrogens (primary N) is 1. The van der Waals surface area contributed by atoms with Crippen LogP contribution in [-0.2, 0) is 4.74 Å². The van der Waals surface area contributed by atoms with Crippen molar-refractivity contribution in [1.29, 1.82) is 0 Å². The number of imidazole rings is 1. The summed E-state index contributed by atoms with van der Waals surface area (Å²) in [6, 6.07) is 7.52. The van der Waals surface area contributed by atoms with Crippen LogP contribution in [0.5, 0.6) is 0 Å². The predicted molar refractivity (Wildman–Crippen MR) is 82.0 cm³/mol. The minimum atomic E-state index is -0.359. The number of nitrogen functional groups attached to an aromatic ring is 1. The second kappa shape index (κ2) is 6.43. The van der Waals surface area contributed by atoms with Gasteiger partial charge in [-0.25, -0.2) is 9.78 Å². The number of para-hydroxylation sites is 1. The van der Waals surface area contributed by atoms with Crippen LogP contribution in [0.15, 0.2) is 36.8 Å². The number of esters is 1. The molecule has 1 heterocycles. The van der Waals surface area contributed by atoms with E-state index in [1.54, 1.807) is 10.9 Å². The van der Waals surface area contributed by atoms with Gasteiger partial charge in [-0.05, 0) is 24.5 Å². The molecule has 2 N–H and O–H groups in total. The Bertz CT molecular complexity index is 619. The fraction of sp³-hybridized carbons (Fsp3) is 0.375. The number of ether oxygens (including phenoxy) is 1. The third kappa shape index (κ3) is 3.42. The molecular weight excluding hydrogens is 266 g/mol. The molecule has 0 saturated heterocycles. The molecule has 0 aliphatic heterocycles. The first kappa shape index (κ1) is 15.1. The second-order valence-corrected chi connectivity index (χ2v) is 5.48. The van der Waals surface area contributed by atoms with E-state index in [1.807, 2.05) is 45.0 Å². The molecule has 112 valence electrons. The molecule has 0 fully saturated rings. The summed E-state index contributed by atoms with van der Waals surface area (Å²) in [5, 5.41) is 0. The number of hydrogen-bond donors (Lipinski definition) is 1. The third-order valence-corrected chi connectivity index (χ3v) is 3.29. The Morgan fingerprint density at radius 1 is 1.33 bits per heavy atom. The van der Waals surface area contributed by atoms with Gasteiger partial charge in [0.1, 0.15) is 5.69 Å². The van der Waals surface area contributed by atoms with E-state index in [1.165, 1.54) is 6.20 Å². The Morgan fingerprint density at radius 2 is 2.05 bits per heavy atom. The summed E-state index contributed by atoms with van der Waals surface area (Å²) in [6.07, 6.45) is 3.15. The Labute approximate surface area is 124 Å². The molecular formula is C16H21N3O2. The van der Waals surface area contributed by atoms with Crippen LogP contribution in [0.1, 0.15) is 42.9 Å². The van der Waals surface area contributed by atoms with Gasteiger partial charge in [0.05, 0.1) is 25.2 Å². The molecule has 0 aliphatic carbocycles. The van der Waals surface area contributed by atoms with E-state index in [4.69, 9.17) is 10.5 Å². The lowest BCUT2D eigenvalue weighted by Gasteiger charge is -2.18. The van der Waals surface area contributed by atoms with Crippen LogP contribution in [0, 0.1) is 5.92 Å². The zero-order chi connectivity index (χ0) is 15.4. The van der Waals surface area contributed by atoms with Gasteiger partial charge in [-0.2, -0.15) is 0 Å². The van der Waals surface area contributed by atoms with Crippen molar-refractivity contribution < 1.29 is 9.53 Å². The fourth-order valence-corrected chi connectivity index (χ4v) is 2.13. The van der Waals surface area contributed by atoms with Gasteiger partial charge in [0.25, 0.3) is 0 Å². The van der Waals surface area contributed by atoms with E-state index in [2.05, 4.69) is 4.98 Å². The molecule has 2 aromatic rings. The quantitative estimate of drug-likeness (QED) is 0.678. The van der Waals surface area contributed by atoms with Gasteiger partial charge in [0, 0.05) is 5.69 Å². The van der Waals surface area contributed by atoms with Gasteiger partial charge in [-0.15, -0.1) is 0 Å². The molecule has 0 amide bonds. The van der Waals surface area contributed by atoms with Crippen molar-refractivity contribution in [3.05, 3.63) is 48.0 Å². The molecule has 1 aromatic heterocycles. The van der Waals surface area contributed by atoms with Gasteiger partial charge >= 0.3 is 5.97 Å². The lowest BCUT2D eigenvalue weighted by atomic mass is 10.1. The Kier molecular flexibility index (Phi) is 4.62. The van der Waals surface area contributed by atoms with E-state index < -0.39 is 0 Å². The molecule has 0 spiro atoms. The number of carbonyl (C=O) groups excluding carboxylic acids is 1. The monoisotopic (exact) mass is 287 g/mol. The standard InChI is InChI=1S/C16H21N3O2/c1-11(2)9-21-16(20)15-8-18-10-19(15)12(3)13-6-4-5-7-14(13)17/h4-8,10-12H,9,17H2,1-3H3. The molecule has 0 saturated carbocycles. The first-order valence-corrected chi connectivity index (χ1v) is 7.04. The summed E-state index contributed by atoms with van der Waals surface area (Å²) < 4.78 is 7.06. The minimum Gasteiger partial charge on any atom is -0.461 e. The van der Waals surface area contributed by atoms with Crippen LogP contribution in [-0.4, -0.2) is 22.1 Å². The minimum absolute atomic E-state index is 0.0877. The highest BCUT2D eigenvalue weighted by atomic mass is 16.5. The highest BCUT2D eigenvalue weighted by molar-refractivity contribution is 5.87. The summed E-state index contributed by atoms with van der Waals surface area (Å²) in [5.41, 5.74) is 8.09. The molecule has 0 bridgehead atoms. The van der Waals surface area contributed by atoms with Crippen LogP contribution in [0.4, 0.5) is 5.69 Å². The molecule has 21 heavy (non-hydrogen) atoms. The lowest BCUT2D eigenvalue weighted by molar-refractivity contribution is 0.0445. The predicted octanol–water partition coefficient (Wildman–Crippen LogP) is 2.89.